The minimum atomic E-state index is -0.416. The zero-order valence-electron chi connectivity index (χ0n) is 14.4. The van der Waals surface area contributed by atoms with Gasteiger partial charge in [0.15, 0.2) is 11.5 Å². The third-order valence-electron chi connectivity index (χ3n) is 5.88. The van der Waals surface area contributed by atoms with Crippen LogP contribution in [-0.4, -0.2) is 49.5 Å². The monoisotopic (exact) mass is 316 g/mol. The van der Waals surface area contributed by atoms with Crippen LogP contribution in [0.2, 0.25) is 0 Å². The Morgan fingerprint density at radius 2 is 2.17 bits per heavy atom. The molecule has 4 heteroatoms. The molecule has 3 aliphatic rings. The van der Waals surface area contributed by atoms with Crippen molar-refractivity contribution in [2.45, 2.75) is 43.9 Å². The number of methoxy groups -OCH3 is 1. The third kappa shape index (κ3) is 2.05. The van der Waals surface area contributed by atoms with E-state index >= 15 is 0 Å². The molecule has 1 aliphatic carbocycles. The molecule has 0 saturated carbocycles. The fourth-order valence-electron chi connectivity index (χ4n) is 4.57. The molecule has 0 bridgehead atoms. The molecule has 2 heterocycles. The molecule has 1 N–H and O–H groups in total. The van der Waals surface area contributed by atoms with Crippen molar-refractivity contribution in [1.82, 2.24) is 0 Å². The van der Waals surface area contributed by atoms with Crippen LogP contribution >= 0.6 is 0 Å². The zero-order chi connectivity index (χ0) is 16.4. The number of hydrogen-bond donors (Lipinski definition) is 1. The maximum absolute atomic E-state index is 10.1. The summed E-state index contributed by atoms with van der Waals surface area (Å²) >= 11 is 0. The second kappa shape index (κ2) is 4.74. The molecule has 1 aromatic rings. The summed E-state index contributed by atoms with van der Waals surface area (Å²) in [5.74, 6) is 1.73. The summed E-state index contributed by atoms with van der Waals surface area (Å²) in [6, 6.07) is 2.10. The van der Waals surface area contributed by atoms with E-state index in [0.29, 0.717) is 6.42 Å². The molecular weight excluding hydrogens is 290 g/mol. The molecule has 1 aromatic carbocycles. The van der Waals surface area contributed by atoms with Crippen molar-refractivity contribution in [3.05, 3.63) is 34.9 Å². The molecule has 0 fully saturated rings. The van der Waals surface area contributed by atoms with Crippen LogP contribution in [0.4, 0.5) is 0 Å². The predicted molar refractivity (Wildman–Crippen MR) is 88.9 cm³/mol. The van der Waals surface area contributed by atoms with Crippen LogP contribution in [-0.2, 0) is 12.0 Å². The van der Waals surface area contributed by atoms with Gasteiger partial charge in [-0.3, -0.25) is 0 Å². The summed E-state index contributed by atoms with van der Waals surface area (Å²) < 4.78 is 12.9. The minimum Gasteiger partial charge on any atom is -0.493 e. The Kier molecular flexibility index (Phi) is 3.10. The average Bonchev–Trinajstić information content (AvgIpc) is 2.76. The molecule has 2 aliphatic heterocycles. The normalized spacial score (nSPS) is 33.4. The number of nitrogens with zero attached hydrogens (tertiary/aromatic N) is 1. The van der Waals surface area contributed by atoms with Crippen molar-refractivity contribution in [3.8, 4) is 11.5 Å². The lowest BCUT2D eigenvalue weighted by molar-refractivity contribution is -0.903. The summed E-state index contributed by atoms with van der Waals surface area (Å²) in [7, 11) is 6.30. The van der Waals surface area contributed by atoms with Gasteiger partial charge in [0.25, 0.3) is 0 Å². The average molecular weight is 316 g/mol. The van der Waals surface area contributed by atoms with Crippen LogP contribution in [0.5, 0.6) is 11.5 Å². The first kappa shape index (κ1) is 15.0. The van der Waals surface area contributed by atoms with Gasteiger partial charge in [0.05, 0.1) is 39.3 Å². The van der Waals surface area contributed by atoms with Gasteiger partial charge in [-0.2, -0.15) is 0 Å². The number of ether oxygens (including phenoxy) is 2. The highest BCUT2D eigenvalue weighted by Gasteiger charge is 2.54. The van der Waals surface area contributed by atoms with Crippen LogP contribution in [0, 0.1) is 6.92 Å². The van der Waals surface area contributed by atoms with Gasteiger partial charge in [-0.25, -0.2) is 0 Å². The van der Waals surface area contributed by atoms with Crippen LogP contribution < -0.4 is 9.47 Å². The van der Waals surface area contributed by atoms with Crippen molar-refractivity contribution in [3.63, 3.8) is 0 Å². The van der Waals surface area contributed by atoms with Gasteiger partial charge in [-0.05, 0) is 18.6 Å². The SMILES string of the molecule is COc1cc(C)c2c3c1O[C@@H]1C[C@H](O)C=CC31CC[N+](C)(C)C2. The molecule has 4 nitrogen and oxygen atoms in total. The van der Waals surface area contributed by atoms with Gasteiger partial charge in [-0.15, -0.1) is 0 Å². The van der Waals surface area contributed by atoms with Crippen molar-refractivity contribution >= 4 is 0 Å². The molecule has 3 atom stereocenters. The van der Waals surface area contributed by atoms with Crippen LogP contribution in [0.1, 0.15) is 29.5 Å². The maximum Gasteiger partial charge on any atom is 0.166 e. The van der Waals surface area contributed by atoms with Gasteiger partial charge in [-0.1, -0.05) is 12.2 Å². The minimum absolute atomic E-state index is 0.00468. The fraction of sp³-hybridized carbons (Fsp3) is 0.579. The second-order valence-electron chi connectivity index (χ2n) is 7.95. The number of aliphatic hydroxyl groups excluding tert-OH is 1. The topological polar surface area (TPSA) is 38.7 Å². The molecule has 4 rings (SSSR count). The fourth-order valence-corrected chi connectivity index (χ4v) is 4.57. The number of aryl methyl sites for hydroxylation is 1. The van der Waals surface area contributed by atoms with E-state index in [9.17, 15) is 5.11 Å². The first-order valence-corrected chi connectivity index (χ1v) is 8.43. The lowest BCUT2D eigenvalue weighted by Crippen LogP contribution is -2.45. The van der Waals surface area contributed by atoms with E-state index in [1.807, 2.05) is 6.08 Å². The molecule has 0 radical (unpaired) electrons. The van der Waals surface area contributed by atoms with E-state index in [1.165, 1.54) is 16.7 Å². The van der Waals surface area contributed by atoms with E-state index < -0.39 is 6.10 Å². The summed E-state index contributed by atoms with van der Waals surface area (Å²) in [6.45, 7) is 4.27. The Balaban J connectivity index is 2.01. The van der Waals surface area contributed by atoms with Crippen LogP contribution in [0.3, 0.4) is 0 Å². The first-order valence-electron chi connectivity index (χ1n) is 8.43. The van der Waals surface area contributed by atoms with Gasteiger partial charge in [0, 0.05) is 24.0 Å². The zero-order valence-corrected chi connectivity index (χ0v) is 14.4. The van der Waals surface area contributed by atoms with Crippen molar-refractivity contribution < 1.29 is 19.1 Å². The van der Waals surface area contributed by atoms with E-state index in [1.54, 1.807) is 7.11 Å². The smallest absolute Gasteiger partial charge is 0.166 e. The highest BCUT2D eigenvalue weighted by molar-refractivity contribution is 5.62. The molecule has 23 heavy (non-hydrogen) atoms. The highest BCUT2D eigenvalue weighted by atomic mass is 16.5. The second-order valence-corrected chi connectivity index (χ2v) is 7.95. The standard InChI is InChI=1S/C19H26NO3/c1-12-9-15(22-4)18-17-14(12)11-20(2,3)8-7-19(17)6-5-13(21)10-16(19)23-18/h5-6,9,13,16,21H,7-8,10-11H2,1-4H3/q+1/t13-,16-,19?/m1/s1. The molecule has 1 spiro atoms. The Labute approximate surface area is 137 Å². The van der Waals surface area contributed by atoms with Gasteiger partial charge >= 0.3 is 0 Å². The summed E-state index contributed by atoms with van der Waals surface area (Å²) in [6.07, 6.45) is 5.46. The summed E-state index contributed by atoms with van der Waals surface area (Å²) in [5, 5.41) is 10.1. The Hall–Kier alpha value is -1.52. The molecule has 124 valence electrons. The molecule has 0 saturated heterocycles. The predicted octanol–water partition coefficient (Wildman–Crippen LogP) is 2.30. The van der Waals surface area contributed by atoms with E-state index in [0.717, 1.165) is 35.5 Å². The highest BCUT2D eigenvalue weighted by Crippen LogP contribution is 2.56. The molecule has 0 amide bonds. The lowest BCUT2D eigenvalue weighted by Gasteiger charge is -2.36. The lowest BCUT2D eigenvalue weighted by atomic mass is 9.68. The van der Waals surface area contributed by atoms with E-state index in [-0.39, 0.29) is 11.5 Å². The summed E-state index contributed by atoms with van der Waals surface area (Å²) in [4.78, 5) is 0. The Bertz CT molecular complexity index is 694. The molecule has 0 aromatic heterocycles. The number of hydrogen-bond acceptors (Lipinski definition) is 3. The number of quaternary nitrogens is 1. The Morgan fingerprint density at radius 1 is 1.39 bits per heavy atom. The van der Waals surface area contributed by atoms with Gasteiger partial charge < -0.3 is 19.1 Å². The first-order chi connectivity index (χ1) is 10.9. The van der Waals surface area contributed by atoms with E-state index in [4.69, 9.17) is 9.47 Å². The van der Waals surface area contributed by atoms with E-state index in [2.05, 4.69) is 33.2 Å². The molecular formula is C19H26NO3+. The Morgan fingerprint density at radius 3 is 2.91 bits per heavy atom. The maximum atomic E-state index is 10.1. The number of aliphatic hydroxyl groups is 1. The van der Waals surface area contributed by atoms with Gasteiger partial charge in [0.1, 0.15) is 12.6 Å². The van der Waals surface area contributed by atoms with Crippen molar-refractivity contribution in [1.29, 1.82) is 0 Å². The molecule has 1 unspecified atom stereocenters. The largest absolute Gasteiger partial charge is 0.493 e. The number of rotatable bonds is 1. The van der Waals surface area contributed by atoms with Crippen LogP contribution in [0.15, 0.2) is 18.2 Å². The van der Waals surface area contributed by atoms with Crippen molar-refractivity contribution in [2.24, 2.45) is 0 Å². The van der Waals surface area contributed by atoms with Crippen molar-refractivity contribution in [2.75, 3.05) is 27.7 Å². The quantitative estimate of drug-likeness (QED) is 0.638. The summed E-state index contributed by atoms with van der Waals surface area (Å²) in [5.41, 5.74) is 3.87. The third-order valence-corrected chi connectivity index (χ3v) is 5.88. The number of benzene rings is 1. The van der Waals surface area contributed by atoms with Crippen LogP contribution in [0.25, 0.3) is 0 Å². The van der Waals surface area contributed by atoms with Gasteiger partial charge in [0.2, 0.25) is 0 Å².